The van der Waals surface area contributed by atoms with E-state index in [1.54, 1.807) is 0 Å². The molecule has 4 heteroatoms. The van der Waals surface area contributed by atoms with Gasteiger partial charge in [-0.15, -0.1) is 12.4 Å². The molecule has 0 aromatic rings. The van der Waals surface area contributed by atoms with Crippen molar-refractivity contribution >= 4 is 18.4 Å². The van der Waals surface area contributed by atoms with Gasteiger partial charge < -0.3 is 10.0 Å². The highest BCUT2D eigenvalue weighted by molar-refractivity contribution is 5.85. The van der Waals surface area contributed by atoms with E-state index >= 15 is 0 Å². The number of carboxylic acids is 1. The highest BCUT2D eigenvalue weighted by Crippen LogP contribution is 2.26. The maximum Gasteiger partial charge on any atom is 0.306 e. The van der Waals surface area contributed by atoms with Crippen LogP contribution in [-0.2, 0) is 4.79 Å². The lowest BCUT2D eigenvalue weighted by Gasteiger charge is -2.33. The summed E-state index contributed by atoms with van der Waals surface area (Å²) >= 11 is 0. The second kappa shape index (κ2) is 7.22. The number of carboxylic acid groups (broad SMARTS) is 1. The lowest BCUT2D eigenvalue weighted by Crippen LogP contribution is -2.38. The zero-order valence-corrected chi connectivity index (χ0v) is 12.1. The first-order valence-electron chi connectivity index (χ1n) is 6.40. The molecule has 0 aromatic carbocycles. The Morgan fingerprint density at radius 2 is 1.88 bits per heavy atom. The van der Waals surface area contributed by atoms with Gasteiger partial charge in [-0.3, -0.25) is 4.79 Å². The summed E-state index contributed by atoms with van der Waals surface area (Å²) in [4.78, 5) is 13.2. The fourth-order valence-corrected chi connectivity index (χ4v) is 2.04. The van der Waals surface area contributed by atoms with Gasteiger partial charge in [0.1, 0.15) is 0 Å². The summed E-state index contributed by atoms with van der Waals surface area (Å²) in [6, 6.07) is 0. The molecule has 0 unspecified atom stereocenters. The van der Waals surface area contributed by atoms with Crippen LogP contribution in [0.5, 0.6) is 0 Å². The lowest BCUT2D eigenvalue weighted by atomic mass is 9.86. The van der Waals surface area contributed by atoms with E-state index in [1.807, 2.05) is 0 Å². The molecule has 0 amide bonds. The summed E-state index contributed by atoms with van der Waals surface area (Å²) in [5, 5.41) is 8.90. The van der Waals surface area contributed by atoms with Gasteiger partial charge >= 0.3 is 5.97 Å². The van der Waals surface area contributed by atoms with E-state index in [4.69, 9.17) is 5.11 Å². The van der Waals surface area contributed by atoms with Crippen molar-refractivity contribution in [1.29, 1.82) is 0 Å². The van der Waals surface area contributed by atoms with Crippen LogP contribution in [0.15, 0.2) is 0 Å². The Kier molecular flexibility index (Phi) is 7.10. The Bertz CT molecular complexity index is 236. The number of piperidine rings is 1. The van der Waals surface area contributed by atoms with E-state index in [-0.39, 0.29) is 18.3 Å². The Labute approximate surface area is 111 Å². The smallest absolute Gasteiger partial charge is 0.306 e. The summed E-state index contributed by atoms with van der Waals surface area (Å²) in [7, 11) is 0. The first kappa shape index (κ1) is 16.7. The normalized spacial score (nSPS) is 18.8. The third-order valence-corrected chi connectivity index (χ3v) is 4.00. The molecule has 0 bridgehead atoms. The van der Waals surface area contributed by atoms with Gasteiger partial charge in [0.2, 0.25) is 0 Å². The maximum absolute atomic E-state index is 10.8. The average molecular weight is 264 g/mol. The molecule has 1 aliphatic rings. The van der Waals surface area contributed by atoms with Gasteiger partial charge in [0.25, 0.3) is 0 Å². The third-order valence-electron chi connectivity index (χ3n) is 4.00. The molecule has 1 aliphatic heterocycles. The fourth-order valence-electron chi connectivity index (χ4n) is 2.04. The van der Waals surface area contributed by atoms with Crippen molar-refractivity contribution in [1.82, 2.24) is 4.90 Å². The van der Waals surface area contributed by atoms with Gasteiger partial charge in [-0.2, -0.15) is 0 Å². The lowest BCUT2D eigenvalue weighted by molar-refractivity contribution is -0.143. The molecule has 0 atom stereocenters. The minimum atomic E-state index is -0.617. The number of hydrogen-bond donors (Lipinski definition) is 1. The van der Waals surface area contributed by atoms with E-state index in [0.29, 0.717) is 5.41 Å². The van der Waals surface area contributed by atoms with E-state index in [2.05, 4.69) is 25.7 Å². The van der Waals surface area contributed by atoms with Crippen molar-refractivity contribution in [2.24, 2.45) is 11.3 Å². The van der Waals surface area contributed by atoms with Gasteiger partial charge in [-0.25, -0.2) is 0 Å². The topological polar surface area (TPSA) is 40.5 Å². The number of likely N-dealkylation sites (tertiary alicyclic amines) is 1. The Balaban J connectivity index is 0.00000256. The molecule has 0 radical (unpaired) electrons. The summed E-state index contributed by atoms with van der Waals surface area (Å²) in [5.41, 5.74) is 0.420. The molecule has 102 valence electrons. The summed E-state index contributed by atoms with van der Waals surface area (Å²) in [6.07, 6.45) is 4.06. The fraction of sp³-hybridized carbons (Fsp3) is 0.923. The largest absolute Gasteiger partial charge is 0.481 e. The molecule has 0 spiro atoms. The number of carbonyl (C=O) groups is 1. The monoisotopic (exact) mass is 263 g/mol. The van der Waals surface area contributed by atoms with Crippen LogP contribution in [0.3, 0.4) is 0 Å². The first-order valence-corrected chi connectivity index (χ1v) is 6.40. The second-order valence-corrected chi connectivity index (χ2v) is 5.72. The summed E-state index contributed by atoms with van der Waals surface area (Å²) in [6.45, 7) is 9.87. The van der Waals surface area contributed by atoms with E-state index in [0.717, 1.165) is 32.5 Å². The number of rotatable bonds is 5. The Morgan fingerprint density at radius 3 is 2.29 bits per heavy atom. The van der Waals surface area contributed by atoms with Crippen molar-refractivity contribution in [3.8, 4) is 0 Å². The molecule has 0 aliphatic carbocycles. The van der Waals surface area contributed by atoms with Crippen LogP contribution < -0.4 is 0 Å². The number of hydrogen-bond acceptors (Lipinski definition) is 2. The molecule has 1 fully saturated rings. The maximum atomic E-state index is 10.8. The minimum absolute atomic E-state index is 0. The molecule has 1 rings (SSSR count). The molecule has 17 heavy (non-hydrogen) atoms. The third kappa shape index (κ3) is 5.73. The molecular formula is C13H26ClNO2. The Hall–Kier alpha value is -0.280. The van der Waals surface area contributed by atoms with Crippen LogP contribution in [0.25, 0.3) is 0 Å². The van der Waals surface area contributed by atoms with Crippen LogP contribution in [-0.4, -0.2) is 35.6 Å². The SMILES string of the molecule is CCC(C)(C)CCN1CCC(C(=O)O)CC1.Cl. The molecule has 0 saturated carbocycles. The summed E-state index contributed by atoms with van der Waals surface area (Å²) in [5.74, 6) is -0.719. The van der Waals surface area contributed by atoms with Crippen LogP contribution in [0.4, 0.5) is 0 Å². The predicted molar refractivity (Wildman–Crippen MR) is 72.7 cm³/mol. The quantitative estimate of drug-likeness (QED) is 0.829. The zero-order chi connectivity index (χ0) is 12.2. The number of nitrogens with zero attached hydrogens (tertiary/aromatic N) is 1. The first-order chi connectivity index (χ1) is 7.44. The van der Waals surface area contributed by atoms with Crippen molar-refractivity contribution in [3.63, 3.8) is 0 Å². The van der Waals surface area contributed by atoms with E-state index in [9.17, 15) is 4.79 Å². The van der Waals surface area contributed by atoms with Crippen molar-refractivity contribution in [3.05, 3.63) is 0 Å². The highest BCUT2D eigenvalue weighted by Gasteiger charge is 2.25. The van der Waals surface area contributed by atoms with Crippen LogP contribution in [0, 0.1) is 11.3 Å². The second-order valence-electron chi connectivity index (χ2n) is 5.72. The van der Waals surface area contributed by atoms with E-state index in [1.165, 1.54) is 12.8 Å². The van der Waals surface area contributed by atoms with Crippen molar-refractivity contribution < 1.29 is 9.90 Å². The zero-order valence-electron chi connectivity index (χ0n) is 11.2. The van der Waals surface area contributed by atoms with Gasteiger partial charge in [0, 0.05) is 0 Å². The van der Waals surface area contributed by atoms with Gasteiger partial charge in [-0.1, -0.05) is 27.2 Å². The van der Waals surface area contributed by atoms with Crippen LogP contribution in [0.2, 0.25) is 0 Å². The number of aliphatic carboxylic acids is 1. The van der Waals surface area contributed by atoms with Crippen LogP contribution >= 0.6 is 12.4 Å². The van der Waals surface area contributed by atoms with Gasteiger partial charge in [0.15, 0.2) is 0 Å². The van der Waals surface area contributed by atoms with Crippen LogP contribution in [0.1, 0.15) is 46.5 Å². The molecule has 3 nitrogen and oxygen atoms in total. The number of halogens is 1. The molecule has 0 aromatic heterocycles. The van der Waals surface area contributed by atoms with Crippen molar-refractivity contribution in [2.75, 3.05) is 19.6 Å². The van der Waals surface area contributed by atoms with Crippen molar-refractivity contribution in [2.45, 2.75) is 46.5 Å². The Morgan fingerprint density at radius 1 is 1.35 bits per heavy atom. The molecular weight excluding hydrogens is 238 g/mol. The standard InChI is InChI=1S/C13H25NO2.ClH/c1-4-13(2,3)7-10-14-8-5-11(6-9-14)12(15)16;/h11H,4-10H2,1-3H3,(H,15,16);1H. The predicted octanol–water partition coefficient (Wildman–Crippen LogP) is 3.03. The van der Waals surface area contributed by atoms with Gasteiger partial charge in [0.05, 0.1) is 5.92 Å². The molecule has 1 heterocycles. The highest BCUT2D eigenvalue weighted by atomic mass is 35.5. The molecule has 1 saturated heterocycles. The summed E-state index contributed by atoms with van der Waals surface area (Å²) < 4.78 is 0. The average Bonchev–Trinajstić information content (AvgIpc) is 2.27. The van der Waals surface area contributed by atoms with Gasteiger partial charge in [-0.05, 0) is 44.3 Å². The molecule has 1 N–H and O–H groups in total. The van der Waals surface area contributed by atoms with E-state index < -0.39 is 5.97 Å². The minimum Gasteiger partial charge on any atom is -0.481 e.